The molecule has 0 saturated heterocycles. The van der Waals surface area contributed by atoms with E-state index in [2.05, 4.69) is 5.10 Å². The van der Waals surface area contributed by atoms with Crippen LogP contribution in [0.4, 0.5) is 0 Å². The largest absolute Gasteiger partial charge is 0.388 e. The van der Waals surface area contributed by atoms with E-state index in [9.17, 15) is 0 Å². The van der Waals surface area contributed by atoms with Gasteiger partial charge in [-0.25, -0.2) is 0 Å². The van der Waals surface area contributed by atoms with E-state index < -0.39 is 6.10 Å². The second-order valence-corrected chi connectivity index (χ2v) is 1.85. The van der Waals surface area contributed by atoms with Crippen LogP contribution in [-0.2, 0) is 0 Å². The molecule has 0 amide bonds. The number of rotatable bonds is 2. The van der Waals surface area contributed by atoms with Crippen LogP contribution in [0.25, 0.3) is 0 Å². The summed E-state index contributed by atoms with van der Waals surface area (Å²) in [5.74, 6) is 0. The first-order valence-corrected chi connectivity index (χ1v) is 2.52. The number of aliphatic hydroxyl groups excluding tert-OH is 1. The maximum absolute atomic E-state index is 8.63. The van der Waals surface area contributed by atoms with Crippen molar-refractivity contribution in [3.05, 3.63) is 0 Å². The van der Waals surface area contributed by atoms with Gasteiger partial charge in [-0.3, -0.25) is 0 Å². The van der Waals surface area contributed by atoms with Gasteiger partial charge in [-0.2, -0.15) is 5.10 Å². The van der Waals surface area contributed by atoms with Crippen LogP contribution in [0.1, 0.15) is 6.92 Å². The highest BCUT2D eigenvalue weighted by molar-refractivity contribution is 5.61. The highest BCUT2D eigenvalue weighted by atomic mass is 16.3. The van der Waals surface area contributed by atoms with Crippen LogP contribution < -0.4 is 0 Å². The Morgan fingerprint density at radius 2 is 2.12 bits per heavy atom. The molecule has 0 aromatic heterocycles. The molecule has 0 fully saturated rings. The van der Waals surface area contributed by atoms with E-state index in [0.29, 0.717) is 0 Å². The lowest BCUT2D eigenvalue weighted by Crippen LogP contribution is -2.07. The van der Waals surface area contributed by atoms with Gasteiger partial charge in [0.05, 0.1) is 12.3 Å². The van der Waals surface area contributed by atoms with Crippen molar-refractivity contribution in [1.29, 1.82) is 0 Å². The van der Waals surface area contributed by atoms with Gasteiger partial charge in [0.1, 0.15) is 0 Å². The molecule has 0 aromatic rings. The average Bonchev–Trinajstić information content (AvgIpc) is 1.61. The number of hydrogen-bond donors (Lipinski definition) is 1. The third-order valence-corrected chi connectivity index (χ3v) is 0.513. The van der Waals surface area contributed by atoms with Gasteiger partial charge in [0.15, 0.2) is 0 Å². The van der Waals surface area contributed by atoms with Crippen LogP contribution in [0.3, 0.4) is 0 Å². The monoisotopic (exact) mass is 116 g/mol. The summed E-state index contributed by atoms with van der Waals surface area (Å²) < 4.78 is 0. The van der Waals surface area contributed by atoms with Crippen LogP contribution in [0.2, 0.25) is 0 Å². The van der Waals surface area contributed by atoms with Gasteiger partial charge >= 0.3 is 0 Å². The lowest BCUT2D eigenvalue weighted by Gasteiger charge is -2.02. The highest BCUT2D eigenvalue weighted by Gasteiger charge is 1.84. The fraction of sp³-hybridized carbons (Fsp3) is 0.800. The quantitative estimate of drug-likeness (QED) is 0.404. The molecule has 0 rings (SSSR count). The third-order valence-electron chi connectivity index (χ3n) is 0.513. The van der Waals surface area contributed by atoms with Gasteiger partial charge in [0.25, 0.3) is 0 Å². The Morgan fingerprint density at radius 1 is 1.62 bits per heavy atom. The standard InChI is InChI=1S/C5H12N2O/c1-5(8)4-6-7(2)3/h4-5,8H,1-3H3/b6-4-. The third kappa shape index (κ3) is 5.43. The van der Waals surface area contributed by atoms with Gasteiger partial charge in [-0.1, -0.05) is 0 Å². The van der Waals surface area contributed by atoms with E-state index in [0.717, 1.165) is 0 Å². The minimum Gasteiger partial charge on any atom is -0.388 e. The number of hydrogen-bond acceptors (Lipinski definition) is 3. The molecule has 1 N–H and O–H groups in total. The molecule has 0 bridgehead atoms. The Labute approximate surface area is 49.6 Å². The molecule has 0 aliphatic rings. The average molecular weight is 116 g/mol. The van der Waals surface area contributed by atoms with E-state index in [1.165, 1.54) is 6.21 Å². The Kier molecular flexibility index (Phi) is 3.19. The Bertz CT molecular complexity index is 68.5. The summed E-state index contributed by atoms with van der Waals surface area (Å²) in [5, 5.41) is 14.0. The molecule has 0 heterocycles. The molecule has 1 atom stereocenters. The molecule has 3 heteroatoms. The molecule has 48 valence electrons. The zero-order chi connectivity index (χ0) is 6.57. The summed E-state index contributed by atoms with van der Waals surface area (Å²) in [4.78, 5) is 0. The molecule has 8 heavy (non-hydrogen) atoms. The van der Waals surface area contributed by atoms with Crippen molar-refractivity contribution in [3.63, 3.8) is 0 Å². The molecule has 3 nitrogen and oxygen atoms in total. The SMILES string of the molecule is CC(O)/C=N\N(C)C. The molecule has 0 aliphatic carbocycles. The second-order valence-electron chi connectivity index (χ2n) is 1.85. The summed E-state index contributed by atoms with van der Waals surface area (Å²) in [5.41, 5.74) is 0. The smallest absolute Gasteiger partial charge is 0.0880 e. The Morgan fingerprint density at radius 3 is 2.25 bits per heavy atom. The minimum atomic E-state index is -0.447. The fourth-order valence-corrected chi connectivity index (χ4v) is 0.230. The maximum Gasteiger partial charge on any atom is 0.0880 e. The van der Waals surface area contributed by atoms with Gasteiger partial charge in [-0.05, 0) is 6.92 Å². The molecule has 0 spiro atoms. The normalized spacial score (nSPS) is 14.5. The summed E-state index contributed by atoms with van der Waals surface area (Å²) in [6, 6.07) is 0. The Hall–Kier alpha value is -0.570. The van der Waals surface area contributed by atoms with Crippen LogP contribution in [0, 0.1) is 0 Å². The maximum atomic E-state index is 8.63. The fourth-order valence-electron chi connectivity index (χ4n) is 0.230. The van der Waals surface area contributed by atoms with Crippen molar-refractivity contribution >= 4 is 6.21 Å². The lowest BCUT2D eigenvalue weighted by atomic mass is 10.5. The van der Waals surface area contributed by atoms with Crippen LogP contribution in [0.15, 0.2) is 5.10 Å². The highest BCUT2D eigenvalue weighted by Crippen LogP contribution is 1.75. The number of aliphatic hydroxyl groups is 1. The lowest BCUT2D eigenvalue weighted by molar-refractivity contribution is 0.263. The van der Waals surface area contributed by atoms with Crippen molar-refractivity contribution < 1.29 is 5.11 Å². The first-order valence-electron chi connectivity index (χ1n) is 2.52. The zero-order valence-electron chi connectivity index (χ0n) is 5.50. The van der Waals surface area contributed by atoms with E-state index >= 15 is 0 Å². The predicted octanol–water partition coefficient (Wildman–Crippen LogP) is -0.0854. The summed E-state index contributed by atoms with van der Waals surface area (Å²) in [6.07, 6.45) is 1.03. The molecule has 0 aromatic carbocycles. The van der Waals surface area contributed by atoms with Crippen LogP contribution in [0.5, 0.6) is 0 Å². The molecule has 1 unspecified atom stereocenters. The van der Waals surface area contributed by atoms with E-state index in [-0.39, 0.29) is 0 Å². The molecule has 0 radical (unpaired) electrons. The zero-order valence-corrected chi connectivity index (χ0v) is 5.50. The summed E-state index contributed by atoms with van der Waals surface area (Å²) in [6.45, 7) is 1.66. The molecule has 0 aliphatic heterocycles. The van der Waals surface area contributed by atoms with E-state index in [4.69, 9.17) is 5.11 Å². The van der Waals surface area contributed by atoms with E-state index in [1.54, 1.807) is 26.0 Å². The van der Waals surface area contributed by atoms with Crippen molar-refractivity contribution in [1.82, 2.24) is 5.01 Å². The Balaban J connectivity index is 3.34. The number of nitrogens with zero attached hydrogens (tertiary/aromatic N) is 2. The van der Waals surface area contributed by atoms with Crippen molar-refractivity contribution in [2.45, 2.75) is 13.0 Å². The first kappa shape index (κ1) is 7.43. The van der Waals surface area contributed by atoms with Gasteiger partial charge < -0.3 is 10.1 Å². The van der Waals surface area contributed by atoms with Gasteiger partial charge in [0, 0.05) is 14.1 Å². The predicted molar refractivity (Wildman–Crippen MR) is 33.9 cm³/mol. The topological polar surface area (TPSA) is 35.8 Å². The molecular formula is C5H12N2O. The van der Waals surface area contributed by atoms with Crippen LogP contribution >= 0.6 is 0 Å². The minimum absolute atomic E-state index is 0.447. The molecular weight excluding hydrogens is 104 g/mol. The van der Waals surface area contributed by atoms with E-state index in [1.807, 2.05) is 0 Å². The molecule has 0 saturated carbocycles. The summed E-state index contributed by atoms with van der Waals surface area (Å²) >= 11 is 0. The summed E-state index contributed by atoms with van der Waals surface area (Å²) in [7, 11) is 3.61. The van der Waals surface area contributed by atoms with Gasteiger partial charge in [-0.15, -0.1) is 0 Å². The van der Waals surface area contributed by atoms with Gasteiger partial charge in [0.2, 0.25) is 0 Å². The van der Waals surface area contributed by atoms with Crippen molar-refractivity contribution in [3.8, 4) is 0 Å². The van der Waals surface area contributed by atoms with Crippen LogP contribution in [-0.4, -0.2) is 36.5 Å². The van der Waals surface area contributed by atoms with Crippen molar-refractivity contribution in [2.75, 3.05) is 14.1 Å². The number of hydrazone groups is 1. The van der Waals surface area contributed by atoms with Crippen molar-refractivity contribution in [2.24, 2.45) is 5.10 Å². The second kappa shape index (κ2) is 3.43. The first-order chi connectivity index (χ1) is 3.63.